The van der Waals surface area contributed by atoms with E-state index in [0.717, 1.165) is 57.8 Å². The third-order valence-electron chi connectivity index (χ3n) is 11.1. The maximum Gasteiger partial charge on any atom is 0.306 e. The Bertz CT molecular complexity index is 813. The summed E-state index contributed by atoms with van der Waals surface area (Å²) in [7, 11) is 0. The van der Waals surface area contributed by atoms with Gasteiger partial charge in [-0.2, -0.15) is 0 Å². The molecule has 6 nitrogen and oxygen atoms in total. The molecular formula is C49H94O6. The topological polar surface area (TPSA) is 78.9 Å². The van der Waals surface area contributed by atoms with Crippen molar-refractivity contribution in [3.63, 3.8) is 0 Å². The Morgan fingerprint density at radius 1 is 0.291 bits per heavy atom. The summed E-state index contributed by atoms with van der Waals surface area (Å²) in [5.41, 5.74) is 0. The van der Waals surface area contributed by atoms with Gasteiger partial charge in [-0.05, 0) is 19.3 Å². The number of hydrogen-bond acceptors (Lipinski definition) is 6. The van der Waals surface area contributed by atoms with E-state index in [1.54, 1.807) is 0 Å². The Labute approximate surface area is 342 Å². The van der Waals surface area contributed by atoms with Gasteiger partial charge in [-0.3, -0.25) is 14.4 Å². The number of ether oxygens (including phenoxy) is 3. The molecule has 0 spiro atoms. The Morgan fingerprint density at radius 2 is 0.491 bits per heavy atom. The molecule has 0 aliphatic carbocycles. The van der Waals surface area contributed by atoms with Crippen molar-refractivity contribution in [2.24, 2.45) is 0 Å². The summed E-state index contributed by atoms with van der Waals surface area (Å²) in [5, 5.41) is 0. The van der Waals surface area contributed by atoms with E-state index in [0.29, 0.717) is 19.3 Å². The zero-order valence-electron chi connectivity index (χ0n) is 37.2. The van der Waals surface area contributed by atoms with Gasteiger partial charge in [0.15, 0.2) is 6.10 Å². The smallest absolute Gasteiger partial charge is 0.306 e. The third kappa shape index (κ3) is 43.4. The van der Waals surface area contributed by atoms with Gasteiger partial charge in [-0.15, -0.1) is 0 Å². The zero-order valence-corrected chi connectivity index (χ0v) is 37.2. The number of esters is 3. The van der Waals surface area contributed by atoms with Crippen LogP contribution in [0.15, 0.2) is 0 Å². The van der Waals surface area contributed by atoms with Crippen molar-refractivity contribution in [2.45, 2.75) is 284 Å². The van der Waals surface area contributed by atoms with Crippen molar-refractivity contribution in [3.8, 4) is 0 Å². The molecule has 326 valence electrons. The van der Waals surface area contributed by atoms with Crippen LogP contribution < -0.4 is 0 Å². The fraction of sp³-hybridized carbons (Fsp3) is 0.939. The highest BCUT2D eigenvalue weighted by molar-refractivity contribution is 5.71. The minimum atomic E-state index is -0.757. The van der Waals surface area contributed by atoms with Gasteiger partial charge in [0.1, 0.15) is 13.2 Å². The average molecular weight is 779 g/mol. The highest BCUT2D eigenvalue weighted by Gasteiger charge is 2.19. The minimum Gasteiger partial charge on any atom is -0.462 e. The molecule has 0 aromatic heterocycles. The average Bonchev–Trinajstić information content (AvgIpc) is 3.18. The summed E-state index contributed by atoms with van der Waals surface area (Å²) in [4.78, 5) is 37.7. The fourth-order valence-corrected chi connectivity index (χ4v) is 7.38. The first-order chi connectivity index (χ1) is 27.0. The first-order valence-electron chi connectivity index (χ1n) is 24.5. The predicted molar refractivity (Wildman–Crippen MR) is 233 cm³/mol. The molecule has 6 heteroatoms. The molecule has 0 fully saturated rings. The molecule has 0 aromatic rings. The van der Waals surface area contributed by atoms with Gasteiger partial charge >= 0.3 is 17.9 Å². The molecule has 0 amide bonds. The molecular weight excluding hydrogens is 685 g/mol. The van der Waals surface area contributed by atoms with E-state index in [4.69, 9.17) is 14.2 Å². The predicted octanol–water partition coefficient (Wildman–Crippen LogP) is 15.6. The largest absolute Gasteiger partial charge is 0.462 e. The van der Waals surface area contributed by atoms with Crippen molar-refractivity contribution in [3.05, 3.63) is 0 Å². The number of unbranched alkanes of at least 4 members (excludes halogenated alkanes) is 34. The molecule has 0 saturated heterocycles. The first kappa shape index (κ1) is 53.4. The molecule has 0 bridgehead atoms. The second-order valence-corrected chi connectivity index (χ2v) is 16.7. The van der Waals surface area contributed by atoms with Crippen molar-refractivity contribution in [1.82, 2.24) is 0 Å². The molecule has 0 N–H and O–H groups in total. The summed E-state index contributed by atoms with van der Waals surface area (Å²) in [6, 6.07) is 0. The van der Waals surface area contributed by atoms with Gasteiger partial charge in [0.05, 0.1) is 0 Å². The maximum atomic E-state index is 12.7. The summed E-state index contributed by atoms with van der Waals surface area (Å²) >= 11 is 0. The molecule has 0 aliphatic rings. The Balaban J connectivity index is 4.16. The van der Waals surface area contributed by atoms with Gasteiger partial charge in [0.25, 0.3) is 0 Å². The van der Waals surface area contributed by atoms with Crippen molar-refractivity contribution in [2.75, 3.05) is 13.2 Å². The van der Waals surface area contributed by atoms with Crippen LogP contribution in [0.2, 0.25) is 0 Å². The van der Waals surface area contributed by atoms with Crippen LogP contribution in [0.25, 0.3) is 0 Å². The molecule has 0 rings (SSSR count). The first-order valence-corrected chi connectivity index (χ1v) is 24.5. The van der Waals surface area contributed by atoms with Gasteiger partial charge in [0, 0.05) is 19.3 Å². The highest BCUT2D eigenvalue weighted by atomic mass is 16.6. The number of carbonyl (C=O) groups is 3. The molecule has 0 aliphatic heterocycles. The summed E-state index contributed by atoms with van der Waals surface area (Å²) < 4.78 is 16.7. The third-order valence-corrected chi connectivity index (χ3v) is 11.1. The number of rotatable bonds is 45. The van der Waals surface area contributed by atoms with Crippen LogP contribution in [0, 0.1) is 0 Å². The monoisotopic (exact) mass is 779 g/mol. The van der Waals surface area contributed by atoms with E-state index in [-0.39, 0.29) is 31.1 Å². The molecule has 0 heterocycles. The van der Waals surface area contributed by atoms with Crippen molar-refractivity contribution >= 4 is 17.9 Å². The Morgan fingerprint density at radius 3 is 0.727 bits per heavy atom. The highest BCUT2D eigenvalue weighted by Crippen LogP contribution is 2.16. The van der Waals surface area contributed by atoms with Crippen LogP contribution >= 0.6 is 0 Å². The molecule has 0 radical (unpaired) electrons. The van der Waals surface area contributed by atoms with E-state index in [2.05, 4.69) is 20.8 Å². The fourth-order valence-electron chi connectivity index (χ4n) is 7.38. The normalized spacial score (nSPS) is 11.8. The van der Waals surface area contributed by atoms with E-state index in [1.807, 2.05) is 0 Å². The van der Waals surface area contributed by atoms with E-state index >= 15 is 0 Å². The second kappa shape index (κ2) is 45.1. The summed E-state index contributed by atoms with van der Waals surface area (Å²) in [5.74, 6) is -0.853. The second-order valence-electron chi connectivity index (χ2n) is 16.7. The Kier molecular flexibility index (Phi) is 43.8. The SMILES string of the molecule is CCCCCCCCCCCCCCCCCCCCCC(=O)OCC(COC(=O)CCCCCCCCCCC)OC(=O)CCCCCCCCCCC. The molecule has 1 unspecified atom stereocenters. The van der Waals surface area contributed by atoms with E-state index in [9.17, 15) is 14.4 Å². The quantitative estimate of drug-likeness (QED) is 0.0348. The van der Waals surface area contributed by atoms with Crippen LogP contribution in [-0.4, -0.2) is 37.2 Å². The summed E-state index contributed by atoms with van der Waals surface area (Å²) in [6.45, 7) is 6.63. The van der Waals surface area contributed by atoms with Crippen LogP contribution in [0.3, 0.4) is 0 Å². The lowest BCUT2D eigenvalue weighted by Gasteiger charge is -2.18. The van der Waals surface area contributed by atoms with Crippen LogP contribution in [0.1, 0.15) is 278 Å². The number of hydrogen-bond donors (Lipinski definition) is 0. The van der Waals surface area contributed by atoms with Crippen LogP contribution in [0.5, 0.6) is 0 Å². The lowest BCUT2D eigenvalue weighted by molar-refractivity contribution is -0.167. The summed E-state index contributed by atoms with van der Waals surface area (Å²) in [6.07, 6.45) is 46.7. The van der Waals surface area contributed by atoms with Gasteiger partial charge in [-0.1, -0.05) is 239 Å². The lowest BCUT2D eigenvalue weighted by atomic mass is 10.0. The maximum absolute atomic E-state index is 12.7. The van der Waals surface area contributed by atoms with Crippen LogP contribution in [-0.2, 0) is 28.6 Å². The van der Waals surface area contributed by atoms with E-state index < -0.39 is 6.10 Å². The minimum absolute atomic E-state index is 0.0627. The lowest BCUT2D eigenvalue weighted by Crippen LogP contribution is -2.30. The standard InChI is InChI=1S/C49H94O6/c1-4-7-10-13-16-19-20-21-22-23-24-25-26-27-28-31-33-36-39-42-48(51)54-45-46(55-49(52)43-40-37-34-30-18-15-12-9-6-3)44-53-47(50)41-38-35-32-29-17-14-11-8-5-2/h46H,4-45H2,1-3H3. The van der Waals surface area contributed by atoms with Gasteiger partial charge in [0.2, 0.25) is 0 Å². The van der Waals surface area contributed by atoms with Crippen LogP contribution in [0.4, 0.5) is 0 Å². The molecule has 1 atom stereocenters. The van der Waals surface area contributed by atoms with Crippen molar-refractivity contribution < 1.29 is 28.6 Å². The molecule has 55 heavy (non-hydrogen) atoms. The zero-order chi connectivity index (χ0) is 40.1. The van der Waals surface area contributed by atoms with Crippen molar-refractivity contribution in [1.29, 1.82) is 0 Å². The molecule has 0 saturated carbocycles. The van der Waals surface area contributed by atoms with Gasteiger partial charge in [-0.25, -0.2) is 0 Å². The molecule has 0 aromatic carbocycles. The van der Waals surface area contributed by atoms with E-state index in [1.165, 1.54) is 180 Å². The van der Waals surface area contributed by atoms with Gasteiger partial charge < -0.3 is 14.2 Å². The number of carbonyl (C=O) groups excluding carboxylic acids is 3. The Hall–Kier alpha value is -1.59.